The number of likely N-dealkylation sites (N-methyl/N-ethyl adjacent to an activating group) is 1. The molecular weight excluding hydrogens is 902 g/mol. The monoisotopic (exact) mass is 958 g/mol. The molecule has 0 unspecified atom stereocenters. The lowest BCUT2D eigenvalue weighted by Gasteiger charge is -2.49. The molecule has 0 saturated carbocycles. The first-order chi connectivity index (χ1) is 32.0. The first-order valence-corrected chi connectivity index (χ1v) is 22.7. The van der Waals surface area contributed by atoms with Gasteiger partial charge in [0.2, 0.25) is 17.7 Å². The summed E-state index contributed by atoms with van der Waals surface area (Å²) >= 11 is 12.5. The van der Waals surface area contributed by atoms with Gasteiger partial charge in [0, 0.05) is 73.2 Å². The van der Waals surface area contributed by atoms with Crippen molar-refractivity contribution in [2.45, 2.75) is 69.7 Å². The van der Waals surface area contributed by atoms with Gasteiger partial charge in [-0.2, -0.15) is 0 Å². The van der Waals surface area contributed by atoms with Crippen molar-refractivity contribution in [3.05, 3.63) is 130 Å². The van der Waals surface area contributed by atoms with Crippen LogP contribution in [0.25, 0.3) is 11.3 Å². The Hall–Kier alpha value is -5.91. The molecule has 67 heavy (non-hydrogen) atoms. The lowest BCUT2D eigenvalue weighted by Crippen LogP contribution is -2.65. The number of nitrogens with one attached hydrogen (secondary N) is 2. The fraction of sp³-hybridized carbons (Fsp3) is 0.388. The number of aliphatic hydroxyl groups is 1. The number of aliphatic carboxylic acids is 1. The Labute approximate surface area is 399 Å². The average Bonchev–Trinajstić information content (AvgIpc) is 3.66. The number of hydrogen-bond donors (Lipinski definition) is 4. The van der Waals surface area contributed by atoms with Gasteiger partial charge in [0.05, 0.1) is 49.0 Å². The van der Waals surface area contributed by atoms with Crippen molar-refractivity contribution in [3.8, 4) is 22.8 Å². The van der Waals surface area contributed by atoms with Gasteiger partial charge in [-0.1, -0.05) is 41.4 Å². The second kappa shape index (κ2) is 22.7. The Kier molecular flexibility index (Phi) is 17.1. The van der Waals surface area contributed by atoms with Gasteiger partial charge in [-0.05, 0) is 107 Å². The van der Waals surface area contributed by atoms with Crippen LogP contribution in [0.1, 0.15) is 48.8 Å². The van der Waals surface area contributed by atoms with E-state index in [9.17, 15) is 29.4 Å². The van der Waals surface area contributed by atoms with E-state index in [-0.39, 0.29) is 48.2 Å². The van der Waals surface area contributed by atoms with Crippen LogP contribution in [0.5, 0.6) is 11.5 Å². The Morgan fingerprint density at radius 1 is 0.985 bits per heavy atom. The molecule has 5 aromatic rings. The van der Waals surface area contributed by atoms with E-state index in [2.05, 4.69) is 20.6 Å². The maximum atomic E-state index is 15.6. The summed E-state index contributed by atoms with van der Waals surface area (Å²) < 4.78 is 23.7. The number of carboxylic acids is 1. The van der Waals surface area contributed by atoms with E-state index >= 15 is 4.39 Å². The molecule has 0 spiro atoms. The number of halogens is 3. The molecule has 6 rings (SSSR count). The normalized spacial score (nSPS) is 16.3. The molecule has 15 nitrogen and oxygen atoms in total. The number of piperidine rings is 1. The van der Waals surface area contributed by atoms with Crippen molar-refractivity contribution < 1.29 is 38.5 Å². The molecule has 3 heterocycles. The van der Waals surface area contributed by atoms with Crippen LogP contribution in [0.4, 0.5) is 4.39 Å². The second-order valence-electron chi connectivity index (χ2n) is 17.3. The molecule has 1 aliphatic heterocycles. The van der Waals surface area contributed by atoms with Gasteiger partial charge in [0.15, 0.2) is 0 Å². The van der Waals surface area contributed by atoms with Crippen LogP contribution >= 0.6 is 23.2 Å². The molecule has 0 bridgehead atoms. The van der Waals surface area contributed by atoms with Crippen LogP contribution in [-0.2, 0) is 52.2 Å². The van der Waals surface area contributed by atoms with Gasteiger partial charge in [-0.3, -0.25) is 24.2 Å². The van der Waals surface area contributed by atoms with Gasteiger partial charge < -0.3 is 44.9 Å². The average molecular weight is 960 g/mol. The molecule has 0 aliphatic carbocycles. The van der Waals surface area contributed by atoms with Crippen molar-refractivity contribution >= 4 is 46.9 Å². The fourth-order valence-corrected chi connectivity index (χ4v) is 8.73. The Bertz CT molecular complexity index is 2510. The van der Waals surface area contributed by atoms with Crippen LogP contribution in [0.2, 0.25) is 10.0 Å². The smallest absolute Gasteiger partial charge is 0.304 e. The van der Waals surface area contributed by atoms with Crippen LogP contribution in [0.3, 0.4) is 0 Å². The summed E-state index contributed by atoms with van der Waals surface area (Å²) in [5.74, 6) is -2.86. The maximum Gasteiger partial charge on any atom is 0.304 e. The third-order valence-corrected chi connectivity index (χ3v) is 12.6. The minimum Gasteiger partial charge on any atom is -0.481 e. The van der Waals surface area contributed by atoms with E-state index in [1.807, 2.05) is 54.9 Å². The van der Waals surface area contributed by atoms with Gasteiger partial charge in [-0.25, -0.2) is 9.37 Å². The number of benzene rings is 3. The van der Waals surface area contributed by atoms with Crippen molar-refractivity contribution in [1.29, 1.82) is 0 Å². The summed E-state index contributed by atoms with van der Waals surface area (Å²) in [6.07, 6.45) is 4.33. The zero-order valence-corrected chi connectivity index (χ0v) is 39.7. The molecule has 4 N–H and O–H groups in total. The molecule has 18 heteroatoms. The largest absolute Gasteiger partial charge is 0.481 e. The van der Waals surface area contributed by atoms with Crippen molar-refractivity contribution in [3.63, 3.8) is 0 Å². The van der Waals surface area contributed by atoms with Crippen molar-refractivity contribution in [1.82, 2.24) is 39.9 Å². The summed E-state index contributed by atoms with van der Waals surface area (Å²) in [7, 11) is 7.47. The van der Waals surface area contributed by atoms with Gasteiger partial charge in [0.1, 0.15) is 29.2 Å². The summed E-state index contributed by atoms with van der Waals surface area (Å²) in [5.41, 5.74) is 2.30. The number of imidazole rings is 1. The van der Waals surface area contributed by atoms with E-state index in [0.717, 1.165) is 28.7 Å². The number of carbonyl (C=O) groups is 4. The lowest BCUT2D eigenvalue weighted by atomic mass is 9.80. The number of carboxylic acid groups (broad SMARTS) is 1. The number of nitrogens with zero attached hydrogens (tertiary/aromatic N) is 6. The zero-order chi connectivity index (χ0) is 48.4. The van der Waals surface area contributed by atoms with Gasteiger partial charge in [0.25, 0.3) is 0 Å². The predicted molar refractivity (Wildman–Crippen MR) is 253 cm³/mol. The molecule has 3 amide bonds. The summed E-state index contributed by atoms with van der Waals surface area (Å²) in [6, 6.07) is 19.9. The number of likely N-dealkylation sites (tertiary alicyclic amines) is 1. The first-order valence-electron chi connectivity index (χ1n) is 22.0. The number of carbonyl (C=O) groups excluding carboxylic acids is 3. The summed E-state index contributed by atoms with van der Waals surface area (Å²) in [5, 5.41) is 26.7. The quantitative estimate of drug-likeness (QED) is 0.0705. The molecule has 3 aromatic carbocycles. The van der Waals surface area contributed by atoms with E-state index in [1.165, 1.54) is 11.0 Å². The number of ether oxygens (including phenoxy) is 1. The number of rotatable bonds is 20. The lowest BCUT2D eigenvalue weighted by molar-refractivity contribution is -0.151. The first kappa shape index (κ1) is 50.5. The number of pyridine rings is 1. The minimum absolute atomic E-state index is 0.0581. The van der Waals surface area contributed by atoms with E-state index in [4.69, 9.17) is 27.9 Å². The number of aromatic nitrogens is 3. The number of amides is 3. The van der Waals surface area contributed by atoms with Crippen LogP contribution in [-0.4, -0.2) is 122 Å². The highest BCUT2D eigenvalue weighted by Gasteiger charge is 2.45. The highest BCUT2D eigenvalue weighted by molar-refractivity contribution is 6.31. The fourth-order valence-electron chi connectivity index (χ4n) is 8.41. The Morgan fingerprint density at radius 3 is 2.37 bits per heavy atom. The molecule has 4 atom stereocenters. The minimum atomic E-state index is -1.39. The second-order valence-corrected chi connectivity index (χ2v) is 18.2. The van der Waals surface area contributed by atoms with Crippen molar-refractivity contribution in [2.75, 3.05) is 40.8 Å². The topological polar surface area (TPSA) is 182 Å². The molecule has 0 radical (unpaired) electrons. The van der Waals surface area contributed by atoms with Crippen LogP contribution in [0.15, 0.2) is 91.3 Å². The maximum absolute atomic E-state index is 15.6. The molecule has 2 aromatic heterocycles. The third-order valence-electron chi connectivity index (χ3n) is 12.1. The van der Waals surface area contributed by atoms with E-state index in [0.29, 0.717) is 42.4 Å². The van der Waals surface area contributed by atoms with E-state index < -0.39 is 60.2 Å². The van der Waals surface area contributed by atoms with Crippen LogP contribution in [0, 0.1) is 11.7 Å². The van der Waals surface area contributed by atoms with Gasteiger partial charge in [-0.15, -0.1) is 0 Å². The Morgan fingerprint density at radius 2 is 1.72 bits per heavy atom. The molecule has 1 saturated heterocycles. The number of aliphatic hydroxyl groups excluding tert-OH is 1. The summed E-state index contributed by atoms with van der Waals surface area (Å²) in [6.45, 7) is 1.71. The third kappa shape index (κ3) is 13.0. The predicted octanol–water partition coefficient (Wildman–Crippen LogP) is 6.13. The van der Waals surface area contributed by atoms with Gasteiger partial charge >= 0.3 is 5.97 Å². The molecule has 1 aliphatic rings. The highest BCUT2D eigenvalue weighted by atomic mass is 35.5. The zero-order valence-electron chi connectivity index (χ0n) is 38.2. The van der Waals surface area contributed by atoms with E-state index in [1.54, 1.807) is 73.7 Å². The highest BCUT2D eigenvalue weighted by Crippen LogP contribution is 2.35. The molecule has 1 fully saturated rings. The molecule has 356 valence electrons. The van der Waals surface area contributed by atoms with Crippen molar-refractivity contribution in [2.24, 2.45) is 13.0 Å². The number of hydrogen-bond acceptors (Lipinski definition) is 10. The molecular formula is C49H57Cl2FN8O7. The summed E-state index contributed by atoms with van der Waals surface area (Å²) in [4.78, 5) is 68.3. The standard InChI is InChI=1S/C49H57Cl2FN8O7/c1-31(54-26-39-40(52)23-36(51)24-43(39)67-38-16-12-33(13-17-38)42-27-55-44(58(42)4)28-57(2)3)46(64)56-41(29-61)48(66)59(5)49(25-32-10-14-35(50)15-11-32)18-8-20-60(30-49)47(65)34(22-45(62)63)21-37-9-6-7-19-53-37/h6-7,9-17,19,23-24,27,31,34,41,54,61H,8,18,20-22,25-26,28-30H2,1-5H3,(H,56,64)(H,62,63)/t31-,34+,41-,49+/m0/s1. The Balaban J connectivity index is 1.15. The van der Waals surface area contributed by atoms with Crippen LogP contribution < -0.4 is 15.4 Å². The SMILES string of the molecule is C[C@H](NCc1c(F)cc(Cl)cc1Oc1ccc(-c2cnc(CN(C)C)n2C)cc1)C(=O)N[C@@H](CO)C(=O)N(C)[C@@]1(Cc2ccc(Cl)cc2)CCCN(C(=O)[C@@H](CC(=O)O)Cc2ccccn2)C1.